The molecule has 0 saturated heterocycles. The van der Waals surface area contributed by atoms with Gasteiger partial charge in [0.15, 0.2) is 0 Å². The molecule has 0 bridgehead atoms. The number of carbonyl (C=O) groups is 3. The van der Waals surface area contributed by atoms with Gasteiger partial charge >= 0.3 is 5.97 Å². The summed E-state index contributed by atoms with van der Waals surface area (Å²) in [5.74, 6) is -1.27. The van der Waals surface area contributed by atoms with Gasteiger partial charge in [-0.15, -0.1) is 0 Å². The maximum Gasteiger partial charge on any atom is 0.306 e. The fraction of sp³-hybridized carbons (Fsp3) is 0.500. The summed E-state index contributed by atoms with van der Waals surface area (Å²) in [6, 6.07) is 9.41. The molecule has 1 saturated carbocycles. The summed E-state index contributed by atoms with van der Waals surface area (Å²) in [7, 11) is 0. The second kappa shape index (κ2) is 11.0. The molecule has 1 aliphatic carbocycles. The Kier molecular flexibility index (Phi) is 8.30. The van der Waals surface area contributed by atoms with Gasteiger partial charge in [0, 0.05) is 12.0 Å². The molecule has 0 aromatic heterocycles. The molecule has 144 valence electrons. The molecule has 0 heterocycles. The number of nitriles is 1. The molecule has 0 radical (unpaired) electrons. The zero-order valence-electron chi connectivity index (χ0n) is 15.3. The molecule has 1 fully saturated rings. The van der Waals surface area contributed by atoms with Crippen LogP contribution in [0.4, 0.5) is 0 Å². The first-order valence-corrected chi connectivity index (χ1v) is 9.30. The highest BCUT2D eigenvalue weighted by atomic mass is 16.5. The molecular formula is C20H25N3O4. The van der Waals surface area contributed by atoms with Crippen LogP contribution in [0.3, 0.4) is 0 Å². The first-order valence-electron chi connectivity index (χ1n) is 9.30. The van der Waals surface area contributed by atoms with E-state index in [1.807, 2.05) is 6.07 Å². The SMILES string of the molecule is N#CCNC(=O)[C@H](CCC(=O)OC1CCCCC1)NC(=O)c1ccccc1. The molecule has 0 aliphatic heterocycles. The van der Waals surface area contributed by atoms with Gasteiger partial charge < -0.3 is 15.4 Å². The molecule has 1 aliphatic rings. The van der Waals surface area contributed by atoms with Crippen LogP contribution in [-0.4, -0.2) is 36.5 Å². The molecule has 2 rings (SSSR count). The number of nitrogens with one attached hydrogen (secondary N) is 2. The fourth-order valence-electron chi connectivity index (χ4n) is 3.04. The average molecular weight is 371 g/mol. The van der Waals surface area contributed by atoms with Crippen LogP contribution in [0.2, 0.25) is 0 Å². The third kappa shape index (κ3) is 7.10. The van der Waals surface area contributed by atoms with Crippen LogP contribution < -0.4 is 10.6 Å². The Balaban J connectivity index is 1.91. The summed E-state index contributed by atoms with van der Waals surface area (Å²) in [6.07, 6.45) is 5.13. The lowest BCUT2D eigenvalue weighted by Gasteiger charge is -2.22. The van der Waals surface area contributed by atoms with Crippen LogP contribution in [0.25, 0.3) is 0 Å². The average Bonchev–Trinajstić information content (AvgIpc) is 2.70. The second-order valence-electron chi connectivity index (χ2n) is 6.56. The van der Waals surface area contributed by atoms with Gasteiger partial charge in [-0.3, -0.25) is 14.4 Å². The van der Waals surface area contributed by atoms with Crippen molar-refractivity contribution in [2.45, 2.75) is 57.1 Å². The number of hydrogen-bond donors (Lipinski definition) is 2. The first kappa shape index (κ1) is 20.4. The highest BCUT2D eigenvalue weighted by molar-refractivity contribution is 5.97. The monoisotopic (exact) mass is 371 g/mol. The lowest BCUT2D eigenvalue weighted by molar-refractivity contribution is -0.150. The number of ether oxygens (including phenoxy) is 1. The highest BCUT2D eigenvalue weighted by Gasteiger charge is 2.24. The van der Waals surface area contributed by atoms with Crippen LogP contribution in [0.15, 0.2) is 30.3 Å². The van der Waals surface area contributed by atoms with Crippen molar-refractivity contribution < 1.29 is 19.1 Å². The quantitative estimate of drug-likeness (QED) is 0.537. The summed E-state index contributed by atoms with van der Waals surface area (Å²) >= 11 is 0. The number of amides is 2. The Morgan fingerprint density at radius 3 is 2.52 bits per heavy atom. The minimum absolute atomic E-state index is 0.0240. The van der Waals surface area contributed by atoms with Crippen molar-refractivity contribution in [2.75, 3.05) is 6.54 Å². The van der Waals surface area contributed by atoms with E-state index in [1.54, 1.807) is 30.3 Å². The largest absolute Gasteiger partial charge is 0.462 e. The smallest absolute Gasteiger partial charge is 0.306 e. The van der Waals surface area contributed by atoms with Gasteiger partial charge in [0.25, 0.3) is 5.91 Å². The van der Waals surface area contributed by atoms with Gasteiger partial charge in [0.2, 0.25) is 5.91 Å². The molecule has 7 nitrogen and oxygen atoms in total. The summed E-state index contributed by atoms with van der Waals surface area (Å²) in [5.41, 5.74) is 0.417. The minimum atomic E-state index is -0.912. The number of nitrogens with zero attached hydrogens (tertiary/aromatic N) is 1. The van der Waals surface area contributed by atoms with E-state index < -0.39 is 17.9 Å². The van der Waals surface area contributed by atoms with Crippen LogP contribution in [0.1, 0.15) is 55.3 Å². The zero-order valence-corrected chi connectivity index (χ0v) is 15.3. The number of esters is 1. The standard InChI is InChI=1S/C20H25N3O4/c21-13-14-22-20(26)17(23-19(25)15-7-3-1-4-8-15)11-12-18(24)27-16-9-5-2-6-10-16/h1,3-4,7-8,16-17H,2,5-6,9-12,14H2,(H,22,26)(H,23,25)/t17-/m0/s1. The van der Waals surface area contributed by atoms with Gasteiger partial charge in [-0.05, 0) is 44.2 Å². The molecule has 2 amide bonds. The fourth-order valence-corrected chi connectivity index (χ4v) is 3.04. The molecule has 7 heteroatoms. The second-order valence-corrected chi connectivity index (χ2v) is 6.56. The summed E-state index contributed by atoms with van der Waals surface area (Å²) in [4.78, 5) is 36.7. The van der Waals surface area contributed by atoms with Gasteiger partial charge in [0.1, 0.15) is 18.7 Å². The van der Waals surface area contributed by atoms with Gasteiger partial charge in [0.05, 0.1) is 6.07 Å². The van der Waals surface area contributed by atoms with Crippen LogP contribution >= 0.6 is 0 Å². The van der Waals surface area contributed by atoms with Crippen molar-refractivity contribution in [3.63, 3.8) is 0 Å². The maximum absolute atomic E-state index is 12.3. The van der Waals surface area contributed by atoms with Crippen molar-refractivity contribution in [3.05, 3.63) is 35.9 Å². The van der Waals surface area contributed by atoms with E-state index in [0.29, 0.717) is 5.56 Å². The van der Waals surface area contributed by atoms with Crippen molar-refractivity contribution in [1.29, 1.82) is 5.26 Å². The summed E-state index contributed by atoms with van der Waals surface area (Å²) < 4.78 is 5.46. The Hall–Kier alpha value is -2.88. The zero-order chi connectivity index (χ0) is 19.5. The molecule has 0 unspecified atom stereocenters. The third-order valence-electron chi connectivity index (χ3n) is 4.49. The Bertz CT molecular complexity index is 678. The van der Waals surface area contributed by atoms with E-state index in [0.717, 1.165) is 25.7 Å². The highest BCUT2D eigenvalue weighted by Crippen LogP contribution is 2.21. The van der Waals surface area contributed by atoms with Crippen molar-refractivity contribution in [1.82, 2.24) is 10.6 Å². The molecule has 2 N–H and O–H groups in total. The predicted molar refractivity (Wildman–Crippen MR) is 98.5 cm³/mol. The van der Waals surface area contributed by atoms with E-state index >= 15 is 0 Å². The van der Waals surface area contributed by atoms with Crippen molar-refractivity contribution in [3.8, 4) is 6.07 Å². The molecular weight excluding hydrogens is 346 g/mol. The van der Waals surface area contributed by atoms with Gasteiger partial charge in [-0.1, -0.05) is 24.6 Å². The van der Waals surface area contributed by atoms with Gasteiger partial charge in [-0.2, -0.15) is 5.26 Å². The Morgan fingerprint density at radius 1 is 1.15 bits per heavy atom. The van der Waals surface area contributed by atoms with Gasteiger partial charge in [-0.25, -0.2) is 0 Å². The lowest BCUT2D eigenvalue weighted by Crippen LogP contribution is -2.47. The van der Waals surface area contributed by atoms with E-state index in [4.69, 9.17) is 10.00 Å². The first-order chi connectivity index (χ1) is 13.1. The molecule has 0 spiro atoms. The lowest BCUT2D eigenvalue weighted by atomic mass is 9.98. The number of benzene rings is 1. The molecule has 1 atom stereocenters. The Morgan fingerprint density at radius 2 is 1.85 bits per heavy atom. The molecule has 1 aromatic carbocycles. The summed E-state index contributed by atoms with van der Waals surface area (Å²) in [5, 5.41) is 13.7. The topological polar surface area (TPSA) is 108 Å². The van der Waals surface area contributed by atoms with E-state index in [1.165, 1.54) is 6.42 Å². The van der Waals surface area contributed by atoms with Crippen molar-refractivity contribution >= 4 is 17.8 Å². The number of rotatable bonds is 8. The number of hydrogen-bond acceptors (Lipinski definition) is 5. The van der Waals surface area contributed by atoms with Crippen molar-refractivity contribution in [2.24, 2.45) is 0 Å². The maximum atomic E-state index is 12.3. The predicted octanol–water partition coefficient (Wildman–Crippen LogP) is 2.08. The molecule has 1 aromatic rings. The van der Waals surface area contributed by atoms with Crippen LogP contribution in [0.5, 0.6) is 0 Å². The summed E-state index contributed by atoms with van der Waals surface area (Å²) in [6.45, 7) is -0.164. The van der Waals surface area contributed by atoms with E-state index in [-0.39, 0.29) is 31.5 Å². The third-order valence-corrected chi connectivity index (χ3v) is 4.49. The van der Waals surface area contributed by atoms with Crippen LogP contribution in [0, 0.1) is 11.3 Å². The van der Waals surface area contributed by atoms with E-state index in [9.17, 15) is 14.4 Å². The molecule has 27 heavy (non-hydrogen) atoms. The Labute approximate surface area is 159 Å². The van der Waals surface area contributed by atoms with E-state index in [2.05, 4.69) is 10.6 Å². The minimum Gasteiger partial charge on any atom is -0.462 e. The normalized spacial score (nSPS) is 15.2. The van der Waals surface area contributed by atoms with Crippen LogP contribution in [-0.2, 0) is 14.3 Å². The number of carbonyl (C=O) groups excluding carboxylic acids is 3.